The van der Waals surface area contributed by atoms with Gasteiger partial charge in [0.1, 0.15) is 11.6 Å². The molecule has 0 aromatic heterocycles. The fraction of sp³-hybridized carbons (Fsp3) is 0.273. The quantitative estimate of drug-likeness (QED) is 0.564. The van der Waals surface area contributed by atoms with Crippen LogP contribution in [0.25, 0.3) is 0 Å². The maximum atomic E-state index is 12.7. The highest BCUT2D eigenvalue weighted by molar-refractivity contribution is 5.18. The standard InChI is InChI=1S/C11H13F2N/c1-2-4-14-5-3-9-6-10(12)8-11(13)7-9/h2,6-8,14H,1,3-5H2. The largest absolute Gasteiger partial charge is 0.313 e. The minimum Gasteiger partial charge on any atom is -0.313 e. The number of hydrogen-bond acceptors (Lipinski definition) is 1. The third-order valence-corrected chi connectivity index (χ3v) is 1.80. The van der Waals surface area contributed by atoms with Crippen molar-refractivity contribution >= 4 is 0 Å². The smallest absolute Gasteiger partial charge is 0.126 e. The summed E-state index contributed by atoms with van der Waals surface area (Å²) in [4.78, 5) is 0. The van der Waals surface area contributed by atoms with Crippen molar-refractivity contribution < 1.29 is 8.78 Å². The van der Waals surface area contributed by atoms with Gasteiger partial charge in [-0.05, 0) is 30.7 Å². The molecule has 1 N–H and O–H groups in total. The van der Waals surface area contributed by atoms with Crippen LogP contribution in [-0.2, 0) is 6.42 Å². The Hall–Kier alpha value is -1.22. The lowest BCUT2D eigenvalue weighted by Crippen LogP contribution is -2.16. The number of nitrogens with one attached hydrogen (secondary N) is 1. The lowest BCUT2D eigenvalue weighted by Gasteiger charge is -2.02. The summed E-state index contributed by atoms with van der Waals surface area (Å²) < 4.78 is 25.5. The summed E-state index contributed by atoms with van der Waals surface area (Å²) in [7, 11) is 0. The Bertz CT molecular complexity index is 290. The van der Waals surface area contributed by atoms with Crippen molar-refractivity contribution in [2.24, 2.45) is 0 Å². The van der Waals surface area contributed by atoms with E-state index in [1.54, 1.807) is 6.08 Å². The van der Waals surface area contributed by atoms with Crippen LogP contribution in [0.3, 0.4) is 0 Å². The highest BCUT2D eigenvalue weighted by Crippen LogP contribution is 2.07. The summed E-state index contributed by atoms with van der Waals surface area (Å²) in [6.45, 7) is 4.95. The summed E-state index contributed by atoms with van der Waals surface area (Å²) in [6.07, 6.45) is 2.36. The Morgan fingerprint density at radius 3 is 2.43 bits per heavy atom. The van der Waals surface area contributed by atoms with Gasteiger partial charge in [0.25, 0.3) is 0 Å². The van der Waals surface area contributed by atoms with Crippen LogP contribution in [0.15, 0.2) is 30.9 Å². The average molecular weight is 197 g/mol. The topological polar surface area (TPSA) is 12.0 Å². The molecular formula is C11H13F2N. The molecule has 1 aromatic rings. The SMILES string of the molecule is C=CCNCCc1cc(F)cc(F)c1. The van der Waals surface area contributed by atoms with E-state index < -0.39 is 11.6 Å². The number of benzene rings is 1. The Morgan fingerprint density at radius 2 is 1.86 bits per heavy atom. The summed E-state index contributed by atoms with van der Waals surface area (Å²) in [6, 6.07) is 3.57. The molecule has 0 unspecified atom stereocenters. The highest BCUT2D eigenvalue weighted by Gasteiger charge is 1.99. The van der Waals surface area contributed by atoms with Gasteiger partial charge in [-0.25, -0.2) is 8.78 Å². The predicted molar refractivity (Wildman–Crippen MR) is 53.1 cm³/mol. The number of halogens is 2. The van der Waals surface area contributed by atoms with Gasteiger partial charge < -0.3 is 5.32 Å². The highest BCUT2D eigenvalue weighted by atomic mass is 19.1. The van der Waals surface area contributed by atoms with Crippen molar-refractivity contribution in [1.29, 1.82) is 0 Å². The number of rotatable bonds is 5. The van der Waals surface area contributed by atoms with Crippen LogP contribution in [0, 0.1) is 11.6 Å². The second kappa shape index (κ2) is 5.50. The van der Waals surface area contributed by atoms with Gasteiger partial charge in [-0.15, -0.1) is 6.58 Å². The Morgan fingerprint density at radius 1 is 1.21 bits per heavy atom. The van der Waals surface area contributed by atoms with Crippen LogP contribution in [0.5, 0.6) is 0 Å². The molecule has 76 valence electrons. The van der Waals surface area contributed by atoms with Crippen molar-refractivity contribution in [1.82, 2.24) is 5.32 Å². The van der Waals surface area contributed by atoms with Crippen LogP contribution in [0.1, 0.15) is 5.56 Å². The fourth-order valence-electron chi connectivity index (χ4n) is 1.19. The van der Waals surface area contributed by atoms with Crippen LogP contribution in [0.2, 0.25) is 0 Å². The molecule has 0 aliphatic rings. The zero-order chi connectivity index (χ0) is 10.4. The fourth-order valence-corrected chi connectivity index (χ4v) is 1.19. The van der Waals surface area contributed by atoms with E-state index in [-0.39, 0.29) is 0 Å². The van der Waals surface area contributed by atoms with Crippen molar-refractivity contribution in [3.8, 4) is 0 Å². The van der Waals surface area contributed by atoms with Crippen LogP contribution in [-0.4, -0.2) is 13.1 Å². The van der Waals surface area contributed by atoms with Crippen molar-refractivity contribution in [3.05, 3.63) is 48.1 Å². The van der Waals surface area contributed by atoms with E-state index in [9.17, 15) is 8.78 Å². The molecule has 0 radical (unpaired) electrons. The lowest BCUT2D eigenvalue weighted by atomic mass is 10.1. The first-order valence-electron chi connectivity index (χ1n) is 4.49. The zero-order valence-corrected chi connectivity index (χ0v) is 7.89. The van der Waals surface area contributed by atoms with E-state index in [0.29, 0.717) is 25.1 Å². The summed E-state index contributed by atoms with van der Waals surface area (Å²) in [5.74, 6) is -1.05. The van der Waals surface area contributed by atoms with Crippen LogP contribution in [0.4, 0.5) is 8.78 Å². The minimum absolute atomic E-state index is 0.524. The first kappa shape index (κ1) is 10.9. The van der Waals surface area contributed by atoms with Gasteiger partial charge in [0.2, 0.25) is 0 Å². The molecule has 3 heteroatoms. The van der Waals surface area contributed by atoms with Crippen LogP contribution < -0.4 is 5.32 Å². The van der Waals surface area contributed by atoms with Gasteiger partial charge in [-0.3, -0.25) is 0 Å². The molecule has 1 rings (SSSR count). The van der Waals surface area contributed by atoms with Gasteiger partial charge in [0, 0.05) is 12.6 Å². The molecule has 0 aliphatic carbocycles. The third kappa shape index (κ3) is 3.66. The normalized spacial score (nSPS) is 10.1. The maximum Gasteiger partial charge on any atom is 0.126 e. The van der Waals surface area contributed by atoms with Crippen molar-refractivity contribution in [2.75, 3.05) is 13.1 Å². The molecule has 1 nitrogen and oxygen atoms in total. The molecule has 0 atom stereocenters. The Balaban J connectivity index is 2.46. The van der Waals surface area contributed by atoms with Crippen LogP contribution >= 0.6 is 0 Å². The second-order valence-electron chi connectivity index (χ2n) is 3.02. The average Bonchev–Trinajstić information content (AvgIpc) is 2.11. The Kier molecular flexibility index (Phi) is 4.26. The van der Waals surface area contributed by atoms with E-state index in [1.165, 1.54) is 12.1 Å². The molecule has 0 heterocycles. The first-order chi connectivity index (χ1) is 6.72. The van der Waals surface area contributed by atoms with Gasteiger partial charge >= 0.3 is 0 Å². The molecule has 0 saturated heterocycles. The predicted octanol–water partition coefficient (Wildman–Crippen LogP) is 2.28. The first-order valence-corrected chi connectivity index (χ1v) is 4.49. The molecule has 0 aliphatic heterocycles. The van der Waals surface area contributed by atoms with Gasteiger partial charge in [0.15, 0.2) is 0 Å². The molecule has 14 heavy (non-hydrogen) atoms. The van der Waals surface area contributed by atoms with Gasteiger partial charge in [-0.1, -0.05) is 6.08 Å². The molecule has 0 amide bonds. The van der Waals surface area contributed by atoms with Crippen molar-refractivity contribution in [3.63, 3.8) is 0 Å². The maximum absolute atomic E-state index is 12.7. The number of hydrogen-bond donors (Lipinski definition) is 1. The molecule has 0 bridgehead atoms. The van der Waals surface area contributed by atoms with Gasteiger partial charge in [0.05, 0.1) is 0 Å². The zero-order valence-electron chi connectivity index (χ0n) is 7.89. The third-order valence-electron chi connectivity index (χ3n) is 1.80. The van der Waals surface area contributed by atoms with E-state index in [4.69, 9.17) is 0 Å². The molecule has 0 fully saturated rings. The van der Waals surface area contributed by atoms with Crippen molar-refractivity contribution in [2.45, 2.75) is 6.42 Å². The summed E-state index contributed by atoms with van der Waals surface area (Å²) >= 11 is 0. The van der Waals surface area contributed by atoms with E-state index in [2.05, 4.69) is 11.9 Å². The molecule has 0 saturated carbocycles. The lowest BCUT2D eigenvalue weighted by molar-refractivity contribution is 0.578. The molecular weight excluding hydrogens is 184 g/mol. The van der Waals surface area contributed by atoms with E-state index >= 15 is 0 Å². The summed E-state index contributed by atoms with van der Waals surface area (Å²) in [5.41, 5.74) is 0.666. The molecule has 1 aromatic carbocycles. The Labute approximate surface area is 82.4 Å². The van der Waals surface area contributed by atoms with E-state index in [0.717, 1.165) is 6.07 Å². The molecule has 0 spiro atoms. The minimum atomic E-state index is -0.524. The second-order valence-corrected chi connectivity index (χ2v) is 3.02. The van der Waals surface area contributed by atoms with Gasteiger partial charge in [-0.2, -0.15) is 0 Å². The van der Waals surface area contributed by atoms with E-state index in [1.807, 2.05) is 0 Å². The summed E-state index contributed by atoms with van der Waals surface area (Å²) in [5, 5.41) is 3.06. The monoisotopic (exact) mass is 197 g/mol.